The molecule has 0 unspecified atom stereocenters. The fraction of sp³-hybridized carbons (Fsp3) is 0.438. The average Bonchev–Trinajstić information content (AvgIpc) is 3.21. The molecule has 4 heteroatoms. The van der Waals surface area contributed by atoms with Crippen LogP contribution in [0.5, 0.6) is 0 Å². The van der Waals surface area contributed by atoms with Crippen molar-refractivity contribution in [1.29, 1.82) is 0 Å². The molecule has 3 nitrogen and oxygen atoms in total. The van der Waals surface area contributed by atoms with Gasteiger partial charge in [-0.3, -0.25) is 4.90 Å². The Labute approximate surface area is 117 Å². The van der Waals surface area contributed by atoms with Gasteiger partial charge in [-0.1, -0.05) is 17.7 Å². The molecule has 0 bridgehead atoms. The fourth-order valence-electron chi connectivity index (χ4n) is 3.21. The van der Waals surface area contributed by atoms with Crippen LogP contribution in [0.2, 0.25) is 0 Å². The number of rotatable bonds is 3. The summed E-state index contributed by atoms with van der Waals surface area (Å²) in [5, 5.41) is 8.78. The lowest BCUT2D eigenvalue weighted by atomic mass is 9.97. The van der Waals surface area contributed by atoms with Crippen LogP contribution in [0.3, 0.4) is 0 Å². The van der Waals surface area contributed by atoms with Gasteiger partial charge in [-0.2, -0.15) is 0 Å². The van der Waals surface area contributed by atoms with Crippen molar-refractivity contribution in [3.8, 4) is 0 Å². The number of hydrogen-bond donors (Lipinski definition) is 1. The Morgan fingerprint density at radius 3 is 2.30 bits per heavy atom. The van der Waals surface area contributed by atoms with Gasteiger partial charge in [-0.25, -0.2) is 9.18 Å². The van der Waals surface area contributed by atoms with Crippen LogP contribution in [0, 0.1) is 5.82 Å². The third-order valence-corrected chi connectivity index (χ3v) is 4.44. The molecule has 106 valence electrons. The summed E-state index contributed by atoms with van der Waals surface area (Å²) < 4.78 is 13.0. The quantitative estimate of drug-likeness (QED) is 0.862. The molecule has 2 aliphatic rings. The van der Waals surface area contributed by atoms with E-state index in [1.165, 1.54) is 23.8 Å². The maximum absolute atomic E-state index is 13.0. The van der Waals surface area contributed by atoms with Crippen LogP contribution in [0.4, 0.5) is 4.39 Å². The molecule has 3 rings (SSSR count). The second-order valence-corrected chi connectivity index (χ2v) is 5.67. The van der Waals surface area contributed by atoms with Gasteiger partial charge < -0.3 is 5.11 Å². The van der Waals surface area contributed by atoms with Gasteiger partial charge in [0.05, 0.1) is 0 Å². The van der Waals surface area contributed by atoms with Crippen LogP contribution < -0.4 is 0 Å². The molecule has 1 N–H and O–H groups in total. The van der Waals surface area contributed by atoms with Gasteiger partial charge in [0.25, 0.3) is 0 Å². The van der Waals surface area contributed by atoms with E-state index < -0.39 is 5.97 Å². The van der Waals surface area contributed by atoms with Crippen molar-refractivity contribution in [2.75, 3.05) is 13.1 Å². The minimum absolute atomic E-state index is 0.0719. The highest BCUT2D eigenvalue weighted by atomic mass is 19.1. The zero-order valence-electron chi connectivity index (χ0n) is 11.3. The Balaban J connectivity index is 1.72. The van der Waals surface area contributed by atoms with E-state index in [4.69, 9.17) is 5.11 Å². The third kappa shape index (κ3) is 2.48. The summed E-state index contributed by atoms with van der Waals surface area (Å²) >= 11 is 0. The van der Waals surface area contributed by atoms with Crippen LogP contribution >= 0.6 is 0 Å². The number of carboxylic acid groups (broad SMARTS) is 1. The Kier molecular flexibility index (Phi) is 3.34. The molecule has 2 fully saturated rings. The highest BCUT2D eigenvalue weighted by molar-refractivity contribution is 5.80. The number of halogens is 1. The smallest absolute Gasteiger partial charge is 0.328 e. The molecule has 0 spiro atoms. The number of carboxylic acids is 1. The topological polar surface area (TPSA) is 40.5 Å². The van der Waals surface area contributed by atoms with Gasteiger partial charge in [0, 0.05) is 24.7 Å². The first-order chi connectivity index (χ1) is 9.60. The summed E-state index contributed by atoms with van der Waals surface area (Å²) in [6.45, 7) is 1.77. The van der Waals surface area contributed by atoms with Crippen LogP contribution in [0.25, 0.3) is 0 Å². The van der Waals surface area contributed by atoms with E-state index >= 15 is 0 Å². The van der Waals surface area contributed by atoms with Gasteiger partial charge in [-0.05, 0) is 43.4 Å². The van der Waals surface area contributed by atoms with Gasteiger partial charge in [-0.15, -0.1) is 0 Å². The summed E-state index contributed by atoms with van der Waals surface area (Å²) in [5.41, 5.74) is 2.27. The van der Waals surface area contributed by atoms with E-state index in [0.29, 0.717) is 0 Å². The summed E-state index contributed by atoms with van der Waals surface area (Å²) in [6, 6.07) is 6.81. The van der Waals surface area contributed by atoms with Gasteiger partial charge >= 0.3 is 5.97 Å². The van der Waals surface area contributed by atoms with Gasteiger partial charge in [0.15, 0.2) is 0 Å². The predicted octanol–water partition coefficient (Wildman–Crippen LogP) is 2.92. The number of aliphatic carboxylic acids is 1. The Hall–Kier alpha value is -1.68. The van der Waals surface area contributed by atoms with Crippen molar-refractivity contribution in [3.63, 3.8) is 0 Å². The van der Waals surface area contributed by atoms with E-state index in [1.807, 2.05) is 12.1 Å². The Bertz CT molecular complexity index is 536. The summed E-state index contributed by atoms with van der Waals surface area (Å²) in [6.07, 6.45) is 5.19. The average molecular weight is 275 g/mol. The zero-order chi connectivity index (χ0) is 14.2. The number of benzene rings is 1. The van der Waals surface area contributed by atoms with Crippen LogP contribution in [0.1, 0.15) is 31.2 Å². The Morgan fingerprint density at radius 2 is 1.80 bits per heavy atom. The highest BCUT2D eigenvalue weighted by Crippen LogP contribution is 2.52. The normalized spacial score (nSPS) is 21.6. The molecule has 1 heterocycles. The molecular weight excluding hydrogens is 257 g/mol. The van der Waals surface area contributed by atoms with Gasteiger partial charge in [0.2, 0.25) is 0 Å². The summed E-state index contributed by atoms with van der Waals surface area (Å²) in [4.78, 5) is 13.1. The monoisotopic (exact) mass is 275 g/mol. The van der Waals surface area contributed by atoms with E-state index in [0.717, 1.165) is 44.3 Å². The zero-order valence-corrected chi connectivity index (χ0v) is 11.3. The molecule has 1 aromatic rings. The van der Waals surface area contributed by atoms with E-state index in [1.54, 1.807) is 0 Å². The lowest BCUT2D eigenvalue weighted by molar-refractivity contribution is -0.131. The van der Waals surface area contributed by atoms with Crippen LogP contribution in [-0.2, 0) is 10.3 Å². The lowest BCUT2D eigenvalue weighted by Gasteiger charge is -2.36. The number of likely N-dealkylation sites (tertiary alicyclic amines) is 1. The second-order valence-electron chi connectivity index (χ2n) is 5.67. The van der Waals surface area contributed by atoms with Crippen LogP contribution in [0.15, 0.2) is 35.9 Å². The SMILES string of the molecule is O=C(O)C=C1CCN(C2(c3ccc(F)cc3)CC2)CC1. The van der Waals surface area contributed by atoms with E-state index in [9.17, 15) is 9.18 Å². The largest absolute Gasteiger partial charge is 0.478 e. The van der Waals surface area contributed by atoms with Crippen molar-refractivity contribution >= 4 is 5.97 Å². The number of carbonyl (C=O) groups is 1. The minimum Gasteiger partial charge on any atom is -0.478 e. The van der Waals surface area contributed by atoms with Crippen LogP contribution in [-0.4, -0.2) is 29.1 Å². The van der Waals surface area contributed by atoms with E-state index in [2.05, 4.69) is 4.90 Å². The molecule has 1 saturated heterocycles. The van der Waals surface area contributed by atoms with Crippen molar-refractivity contribution < 1.29 is 14.3 Å². The standard InChI is InChI=1S/C16H18FNO2/c17-14-3-1-13(2-4-14)16(7-8-16)18-9-5-12(6-10-18)11-15(19)20/h1-4,11H,5-10H2,(H,19,20). The molecule has 0 atom stereocenters. The highest BCUT2D eigenvalue weighted by Gasteiger charge is 2.49. The minimum atomic E-state index is -0.854. The number of hydrogen-bond acceptors (Lipinski definition) is 2. The molecule has 20 heavy (non-hydrogen) atoms. The predicted molar refractivity (Wildman–Crippen MR) is 73.8 cm³/mol. The lowest BCUT2D eigenvalue weighted by Crippen LogP contribution is -2.40. The summed E-state index contributed by atoms with van der Waals surface area (Å²) in [5.74, 6) is -1.05. The van der Waals surface area contributed by atoms with Crippen molar-refractivity contribution in [2.45, 2.75) is 31.2 Å². The first-order valence-electron chi connectivity index (χ1n) is 7.04. The number of piperidine rings is 1. The van der Waals surface area contributed by atoms with Crippen molar-refractivity contribution in [1.82, 2.24) is 4.90 Å². The maximum Gasteiger partial charge on any atom is 0.328 e. The molecule has 1 saturated carbocycles. The molecular formula is C16H18FNO2. The fourth-order valence-corrected chi connectivity index (χ4v) is 3.21. The van der Waals surface area contributed by atoms with Crippen molar-refractivity contribution in [3.05, 3.63) is 47.3 Å². The third-order valence-electron chi connectivity index (χ3n) is 4.44. The maximum atomic E-state index is 13.0. The molecule has 0 aromatic heterocycles. The molecule has 1 aromatic carbocycles. The molecule has 0 amide bonds. The van der Waals surface area contributed by atoms with Gasteiger partial charge in [0.1, 0.15) is 5.82 Å². The molecule has 1 aliphatic carbocycles. The summed E-state index contributed by atoms with van der Waals surface area (Å²) in [7, 11) is 0. The van der Waals surface area contributed by atoms with Crippen molar-refractivity contribution in [2.24, 2.45) is 0 Å². The Morgan fingerprint density at radius 1 is 1.20 bits per heavy atom. The first kappa shape index (κ1) is 13.3. The molecule has 1 aliphatic heterocycles. The number of nitrogens with zero attached hydrogens (tertiary/aromatic N) is 1. The second kappa shape index (κ2) is 5.02. The van der Waals surface area contributed by atoms with E-state index in [-0.39, 0.29) is 11.4 Å². The molecule has 0 radical (unpaired) electrons. The first-order valence-corrected chi connectivity index (χ1v) is 7.04.